The van der Waals surface area contributed by atoms with E-state index in [1.807, 2.05) is 0 Å². The number of carbonyl (C=O) groups excluding carboxylic acids is 2. The molecule has 0 spiro atoms. The standard InChI is InChI=1S/C19H18F3N3O2/c20-19(21,22)15-3-5-16(6-4-15)24-17(26)13-7-10-25(11-8-13)18(27)14-2-1-9-23-12-14/h1-6,9,12-13H,7-8,10-11H2,(H,24,26). The van der Waals surface area contributed by atoms with E-state index < -0.39 is 11.7 Å². The van der Waals surface area contributed by atoms with Crippen molar-refractivity contribution in [3.05, 3.63) is 59.9 Å². The van der Waals surface area contributed by atoms with Crippen LogP contribution in [0.5, 0.6) is 0 Å². The van der Waals surface area contributed by atoms with Crippen LogP contribution in [-0.4, -0.2) is 34.8 Å². The van der Waals surface area contributed by atoms with E-state index in [0.717, 1.165) is 12.1 Å². The maximum Gasteiger partial charge on any atom is 0.416 e. The van der Waals surface area contributed by atoms with Crippen LogP contribution in [-0.2, 0) is 11.0 Å². The zero-order valence-corrected chi connectivity index (χ0v) is 14.4. The van der Waals surface area contributed by atoms with E-state index >= 15 is 0 Å². The van der Waals surface area contributed by atoms with Crippen LogP contribution in [0.25, 0.3) is 0 Å². The summed E-state index contributed by atoms with van der Waals surface area (Å²) < 4.78 is 37.7. The second kappa shape index (κ2) is 7.77. The molecule has 5 nitrogen and oxygen atoms in total. The number of hydrogen-bond donors (Lipinski definition) is 1. The minimum absolute atomic E-state index is 0.121. The maximum atomic E-state index is 12.6. The number of piperidine rings is 1. The van der Waals surface area contributed by atoms with E-state index in [-0.39, 0.29) is 17.7 Å². The molecule has 2 heterocycles. The van der Waals surface area contributed by atoms with Crippen molar-refractivity contribution in [1.82, 2.24) is 9.88 Å². The highest BCUT2D eigenvalue weighted by atomic mass is 19.4. The molecule has 2 aromatic rings. The Kier molecular flexibility index (Phi) is 5.43. The molecule has 0 bridgehead atoms. The first-order valence-corrected chi connectivity index (χ1v) is 8.52. The number of alkyl halides is 3. The number of halogens is 3. The summed E-state index contributed by atoms with van der Waals surface area (Å²) >= 11 is 0. The molecule has 142 valence electrons. The van der Waals surface area contributed by atoms with Crippen LogP contribution < -0.4 is 5.32 Å². The largest absolute Gasteiger partial charge is 0.416 e. The van der Waals surface area contributed by atoms with Gasteiger partial charge in [0.2, 0.25) is 5.91 Å². The summed E-state index contributed by atoms with van der Waals surface area (Å²) in [6, 6.07) is 7.73. The topological polar surface area (TPSA) is 62.3 Å². The first-order valence-electron chi connectivity index (χ1n) is 8.52. The average molecular weight is 377 g/mol. The van der Waals surface area contributed by atoms with Crippen molar-refractivity contribution in [2.75, 3.05) is 18.4 Å². The van der Waals surface area contributed by atoms with Gasteiger partial charge in [0.15, 0.2) is 0 Å². The van der Waals surface area contributed by atoms with Crippen LogP contribution in [0.2, 0.25) is 0 Å². The number of aromatic nitrogens is 1. The van der Waals surface area contributed by atoms with Crippen LogP contribution in [0.1, 0.15) is 28.8 Å². The van der Waals surface area contributed by atoms with Crippen LogP contribution in [0.4, 0.5) is 18.9 Å². The van der Waals surface area contributed by atoms with E-state index in [4.69, 9.17) is 0 Å². The van der Waals surface area contributed by atoms with Gasteiger partial charge < -0.3 is 10.2 Å². The fourth-order valence-electron chi connectivity index (χ4n) is 3.00. The van der Waals surface area contributed by atoms with Crippen molar-refractivity contribution >= 4 is 17.5 Å². The van der Waals surface area contributed by atoms with Crippen molar-refractivity contribution in [2.24, 2.45) is 5.92 Å². The lowest BCUT2D eigenvalue weighted by atomic mass is 9.95. The van der Waals surface area contributed by atoms with Crippen molar-refractivity contribution in [3.8, 4) is 0 Å². The van der Waals surface area contributed by atoms with Gasteiger partial charge >= 0.3 is 6.18 Å². The molecule has 1 N–H and O–H groups in total. The molecule has 0 aliphatic carbocycles. The van der Waals surface area contributed by atoms with E-state index in [1.54, 1.807) is 23.2 Å². The molecule has 1 aliphatic heterocycles. The van der Waals surface area contributed by atoms with Crippen molar-refractivity contribution in [2.45, 2.75) is 19.0 Å². The van der Waals surface area contributed by atoms with Gasteiger partial charge in [0.05, 0.1) is 11.1 Å². The SMILES string of the molecule is O=C(Nc1ccc(C(F)(F)F)cc1)C1CCN(C(=O)c2cccnc2)CC1. The van der Waals surface area contributed by atoms with Gasteiger partial charge in [0.25, 0.3) is 5.91 Å². The summed E-state index contributed by atoms with van der Waals surface area (Å²) in [6.45, 7) is 0.887. The minimum Gasteiger partial charge on any atom is -0.339 e. The molecule has 2 amide bonds. The first-order chi connectivity index (χ1) is 12.8. The average Bonchev–Trinajstić information content (AvgIpc) is 2.68. The Morgan fingerprint density at radius 1 is 1.07 bits per heavy atom. The number of rotatable bonds is 3. The number of carbonyl (C=O) groups is 2. The van der Waals surface area contributed by atoms with Gasteiger partial charge in [-0.1, -0.05) is 0 Å². The normalized spacial score (nSPS) is 15.4. The lowest BCUT2D eigenvalue weighted by molar-refractivity contribution is -0.137. The number of hydrogen-bond acceptors (Lipinski definition) is 3. The lowest BCUT2D eigenvalue weighted by Crippen LogP contribution is -2.41. The number of likely N-dealkylation sites (tertiary alicyclic amines) is 1. The third-order valence-corrected chi connectivity index (χ3v) is 4.54. The molecule has 1 fully saturated rings. The summed E-state index contributed by atoms with van der Waals surface area (Å²) in [5.41, 5.74) is 0.0646. The Labute approximate surface area is 154 Å². The van der Waals surface area contributed by atoms with Gasteiger partial charge in [-0.2, -0.15) is 13.2 Å². The number of benzene rings is 1. The summed E-state index contributed by atoms with van der Waals surface area (Å²) in [5, 5.41) is 2.65. The molecule has 8 heteroatoms. The molecule has 27 heavy (non-hydrogen) atoms. The Bertz CT molecular complexity index is 799. The predicted octanol–water partition coefficient (Wildman–Crippen LogP) is 3.59. The Hall–Kier alpha value is -2.90. The Morgan fingerprint density at radius 3 is 2.30 bits per heavy atom. The lowest BCUT2D eigenvalue weighted by Gasteiger charge is -2.31. The first kappa shape index (κ1) is 18.9. The van der Waals surface area contributed by atoms with Gasteiger partial charge in [0.1, 0.15) is 0 Å². The third kappa shape index (κ3) is 4.64. The molecular formula is C19H18F3N3O2. The number of pyridine rings is 1. The zero-order valence-electron chi connectivity index (χ0n) is 14.4. The molecule has 1 aliphatic rings. The molecule has 0 radical (unpaired) electrons. The summed E-state index contributed by atoms with van der Waals surface area (Å²) in [5.74, 6) is -0.654. The molecule has 0 unspecified atom stereocenters. The van der Waals surface area contributed by atoms with Crippen molar-refractivity contribution in [1.29, 1.82) is 0 Å². The van der Waals surface area contributed by atoms with E-state index in [2.05, 4.69) is 10.3 Å². The summed E-state index contributed by atoms with van der Waals surface area (Å²) in [6.07, 6.45) is -0.312. The smallest absolute Gasteiger partial charge is 0.339 e. The number of nitrogens with zero attached hydrogens (tertiary/aromatic N) is 2. The van der Waals surface area contributed by atoms with Crippen molar-refractivity contribution in [3.63, 3.8) is 0 Å². The minimum atomic E-state index is -4.41. The highest BCUT2D eigenvalue weighted by Gasteiger charge is 2.31. The zero-order chi connectivity index (χ0) is 19.4. The molecule has 1 aromatic heterocycles. The summed E-state index contributed by atoms with van der Waals surface area (Å²) in [7, 11) is 0. The van der Waals surface area contributed by atoms with Gasteiger partial charge in [-0.05, 0) is 49.2 Å². The predicted molar refractivity (Wildman–Crippen MR) is 92.9 cm³/mol. The van der Waals surface area contributed by atoms with E-state index in [9.17, 15) is 22.8 Å². The fraction of sp³-hybridized carbons (Fsp3) is 0.316. The number of nitrogens with one attached hydrogen (secondary N) is 1. The molecule has 3 rings (SSSR count). The highest BCUT2D eigenvalue weighted by molar-refractivity contribution is 5.95. The monoisotopic (exact) mass is 377 g/mol. The van der Waals surface area contributed by atoms with Crippen LogP contribution in [0.15, 0.2) is 48.8 Å². The molecule has 0 atom stereocenters. The molecule has 1 saturated heterocycles. The Balaban J connectivity index is 1.53. The van der Waals surface area contributed by atoms with Crippen LogP contribution >= 0.6 is 0 Å². The second-order valence-electron chi connectivity index (χ2n) is 6.37. The second-order valence-corrected chi connectivity index (χ2v) is 6.37. The fourth-order valence-corrected chi connectivity index (χ4v) is 3.00. The quantitative estimate of drug-likeness (QED) is 0.889. The van der Waals surface area contributed by atoms with Gasteiger partial charge in [0, 0.05) is 37.1 Å². The molecule has 1 aromatic carbocycles. The van der Waals surface area contributed by atoms with E-state index in [0.29, 0.717) is 37.2 Å². The van der Waals surface area contributed by atoms with Gasteiger partial charge in [-0.15, -0.1) is 0 Å². The highest BCUT2D eigenvalue weighted by Crippen LogP contribution is 2.30. The molecule has 0 saturated carbocycles. The Morgan fingerprint density at radius 2 is 1.74 bits per heavy atom. The number of anilines is 1. The molecular weight excluding hydrogens is 359 g/mol. The van der Waals surface area contributed by atoms with Gasteiger partial charge in [-0.25, -0.2) is 0 Å². The van der Waals surface area contributed by atoms with Crippen LogP contribution in [0.3, 0.4) is 0 Å². The number of amides is 2. The van der Waals surface area contributed by atoms with Crippen molar-refractivity contribution < 1.29 is 22.8 Å². The summed E-state index contributed by atoms with van der Waals surface area (Å²) in [4.78, 5) is 30.3. The third-order valence-electron chi connectivity index (χ3n) is 4.54. The van der Waals surface area contributed by atoms with E-state index in [1.165, 1.54) is 18.3 Å². The van der Waals surface area contributed by atoms with Gasteiger partial charge in [-0.3, -0.25) is 14.6 Å². The van der Waals surface area contributed by atoms with Crippen LogP contribution in [0, 0.1) is 5.92 Å². The maximum absolute atomic E-state index is 12.6.